The summed E-state index contributed by atoms with van der Waals surface area (Å²) < 4.78 is 4.99. The van der Waals surface area contributed by atoms with Gasteiger partial charge in [-0.1, -0.05) is 54.2 Å². The van der Waals surface area contributed by atoms with Gasteiger partial charge in [0.1, 0.15) is 11.9 Å². The van der Waals surface area contributed by atoms with E-state index in [0.29, 0.717) is 42.8 Å². The quantitative estimate of drug-likeness (QED) is 0.453. The van der Waals surface area contributed by atoms with Crippen LogP contribution < -0.4 is 10.6 Å². The van der Waals surface area contributed by atoms with Gasteiger partial charge in [-0.2, -0.15) is 0 Å². The van der Waals surface area contributed by atoms with Crippen molar-refractivity contribution in [2.45, 2.75) is 25.3 Å². The molecule has 9 nitrogen and oxygen atoms in total. The summed E-state index contributed by atoms with van der Waals surface area (Å²) >= 11 is 1.18. The summed E-state index contributed by atoms with van der Waals surface area (Å²) in [5, 5.41) is 6.10. The molecule has 2 aliphatic heterocycles. The van der Waals surface area contributed by atoms with Gasteiger partial charge >= 0.3 is 0 Å². The van der Waals surface area contributed by atoms with Crippen molar-refractivity contribution in [1.29, 1.82) is 0 Å². The van der Waals surface area contributed by atoms with Crippen LogP contribution in [0.2, 0.25) is 0 Å². The average Bonchev–Trinajstić information content (AvgIpc) is 3.22. The SMILES string of the molecule is COCCCNC(=O)CSC1=Nc2ccccc2C2=NC(CC(=O)NCCc3ccccc3)C(=O)N12. The number of carbonyl (C=O) groups is 3. The molecule has 4 rings (SSSR count). The Morgan fingerprint density at radius 2 is 1.78 bits per heavy atom. The molecule has 0 aliphatic carbocycles. The van der Waals surface area contributed by atoms with Gasteiger partial charge in [-0.05, 0) is 30.5 Å². The Hall–Kier alpha value is -3.50. The minimum atomic E-state index is -0.837. The van der Waals surface area contributed by atoms with Crippen molar-refractivity contribution in [3.05, 3.63) is 65.7 Å². The standard InChI is InChI=1S/C26H29N5O4S/c1-35-15-7-13-27-23(33)17-36-26-30-20-11-6-5-10-19(20)24-29-21(25(34)31(24)26)16-22(32)28-14-12-18-8-3-2-4-9-18/h2-6,8-11,21H,7,12-17H2,1H3,(H,27,33)(H,28,32). The van der Waals surface area contributed by atoms with Gasteiger partial charge < -0.3 is 15.4 Å². The predicted molar refractivity (Wildman–Crippen MR) is 140 cm³/mol. The highest BCUT2D eigenvalue weighted by Gasteiger charge is 2.42. The van der Waals surface area contributed by atoms with Crippen molar-refractivity contribution in [3.63, 3.8) is 0 Å². The van der Waals surface area contributed by atoms with Gasteiger partial charge in [0.2, 0.25) is 11.8 Å². The first-order valence-corrected chi connectivity index (χ1v) is 12.8. The molecule has 0 radical (unpaired) electrons. The highest BCUT2D eigenvalue weighted by molar-refractivity contribution is 8.14. The van der Waals surface area contributed by atoms with Crippen LogP contribution in [0.4, 0.5) is 5.69 Å². The van der Waals surface area contributed by atoms with E-state index >= 15 is 0 Å². The van der Waals surface area contributed by atoms with Crippen molar-refractivity contribution < 1.29 is 19.1 Å². The Balaban J connectivity index is 1.39. The van der Waals surface area contributed by atoms with E-state index in [0.717, 1.165) is 17.5 Å². The van der Waals surface area contributed by atoms with Gasteiger partial charge in [-0.15, -0.1) is 0 Å². The number of amidine groups is 2. The lowest BCUT2D eigenvalue weighted by Crippen LogP contribution is -2.42. The third-order valence-corrected chi connectivity index (χ3v) is 6.62. The number of aliphatic imine (C=N–C) groups is 2. The van der Waals surface area contributed by atoms with Crippen LogP contribution in [0.5, 0.6) is 0 Å². The maximum atomic E-state index is 13.3. The second kappa shape index (κ2) is 12.5. The number of amides is 3. The van der Waals surface area contributed by atoms with Gasteiger partial charge in [0.05, 0.1) is 17.9 Å². The summed E-state index contributed by atoms with van der Waals surface area (Å²) in [7, 11) is 1.62. The minimum Gasteiger partial charge on any atom is -0.385 e. The normalized spacial score (nSPS) is 16.1. The Bertz CT molecular complexity index is 1170. The molecule has 0 fully saturated rings. The highest BCUT2D eigenvalue weighted by atomic mass is 32.2. The van der Waals surface area contributed by atoms with Crippen LogP contribution in [0, 0.1) is 0 Å². The van der Waals surface area contributed by atoms with Gasteiger partial charge in [-0.25, -0.2) is 9.89 Å². The number of thioether (sulfide) groups is 1. The molecular formula is C26H29N5O4S. The maximum Gasteiger partial charge on any atom is 0.259 e. The number of benzene rings is 2. The topological polar surface area (TPSA) is 112 Å². The van der Waals surface area contributed by atoms with Crippen molar-refractivity contribution in [2.75, 3.05) is 32.6 Å². The smallest absolute Gasteiger partial charge is 0.259 e. The third-order valence-electron chi connectivity index (χ3n) is 5.68. The summed E-state index contributed by atoms with van der Waals surface area (Å²) in [5.74, 6) is -0.129. The Morgan fingerprint density at radius 1 is 1.03 bits per heavy atom. The van der Waals surface area contributed by atoms with E-state index in [-0.39, 0.29) is 29.9 Å². The number of nitrogens with zero attached hydrogens (tertiary/aromatic N) is 3. The molecule has 1 unspecified atom stereocenters. The van der Waals surface area contributed by atoms with Gasteiger partial charge in [0.25, 0.3) is 5.91 Å². The molecule has 2 N–H and O–H groups in total. The number of nitrogens with one attached hydrogen (secondary N) is 2. The van der Waals surface area contributed by atoms with Crippen LogP contribution >= 0.6 is 11.8 Å². The maximum absolute atomic E-state index is 13.3. The lowest BCUT2D eigenvalue weighted by molar-refractivity contribution is -0.128. The fourth-order valence-corrected chi connectivity index (χ4v) is 4.73. The Morgan fingerprint density at radius 3 is 2.58 bits per heavy atom. The zero-order valence-electron chi connectivity index (χ0n) is 20.1. The van der Waals surface area contributed by atoms with Crippen LogP contribution in [-0.4, -0.2) is 72.2 Å². The first-order valence-electron chi connectivity index (χ1n) is 11.9. The molecule has 0 saturated heterocycles. The lowest BCUT2D eigenvalue weighted by Gasteiger charge is -2.25. The van der Waals surface area contributed by atoms with Crippen LogP contribution in [0.3, 0.4) is 0 Å². The summed E-state index contributed by atoms with van der Waals surface area (Å²) in [6.45, 7) is 1.56. The van der Waals surface area contributed by atoms with Crippen LogP contribution in [0.15, 0.2) is 64.6 Å². The number of fused-ring (bicyclic) bond motifs is 3. The molecule has 1 atom stereocenters. The minimum absolute atomic E-state index is 0.0479. The fourth-order valence-electron chi connectivity index (χ4n) is 3.90. The summed E-state index contributed by atoms with van der Waals surface area (Å²) in [6.07, 6.45) is 1.38. The predicted octanol–water partition coefficient (Wildman–Crippen LogP) is 2.28. The molecule has 188 valence electrons. The monoisotopic (exact) mass is 507 g/mol. The number of para-hydroxylation sites is 1. The summed E-state index contributed by atoms with van der Waals surface area (Å²) in [6, 6.07) is 16.5. The molecular weight excluding hydrogens is 478 g/mol. The molecule has 10 heteroatoms. The van der Waals surface area contributed by atoms with Gasteiger partial charge in [0, 0.05) is 32.4 Å². The number of carbonyl (C=O) groups excluding carboxylic acids is 3. The first-order chi connectivity index (χ1) is 17.6. The number of ether oxygens (including phenoxy) is 1. The van der Waals surface area contributed by atoms with E-state index in [4.69, 9.17) is 4.74 Å². The summed E-state index contributed by atoms with van der Waals surface area (Å²) in [5.41, 5.74) is 2.53. The number of methoxy groups -OCH3 is 1. The molecule has 2 aliphatic rings. The average molecular weight is 508 g/mol. The van der Waals surface area contributed by atoms with E-state index in [9.17, 15) is 14.4 Å². The lowest BCUT2D eigenvalue weighted by atomic mass is 10.1. The molecule has 0 aromatic heterocycles. The number of rotatable bonds is 11. The molecule has 2 aromatic carbocycles. The van der Waals surface area contributed by atoms with Crippen molar-refractivity contribution in [3.8, 4) is 0 Å². The molecule has 36 heavy (non-hydrogen) atoms. The van der Waals surface area contributed by atoms with Crippen LogP contribution in [-0.2, 0) is 25.5 Å². The van der Waals surface area contributed by atoms with E-state index < -0.39 is 6.04 Å². The fraction of sp³-hybridized carbons (Fsp3) is 0.346. The second-order valence-corrected chi connectivity index (χ2v) is 9.27. The zero-order chi connectivity index (χ0) is 25.3. The van der Waals surface area contributed by atoms with E-state index in [2.05, 4.69) is 20.6 Å². The molecule has 0 spiro atoms. The third kappa shape index (κ3) is 6.38. The van der Waals surface area contributed by atoms with Crippen molar-refractivity contribution in [1.82, 2.24) is 15.5 Å². The Kier molecular flexibility index (Phi) is 8.85. The first kappa shape index (κ1) is 25.6. The zero-order valence-corrected chi connectivity index (χ0v) is 20.9. The number of hydrogen-bond acceptors (Lipinski definition) is 7. The molecule has 2 heterocycles. The van der Waals surface area contributed by atoms with E-state index in [1.54, 1.807) is 7.11 Å². The van der Waals surface area contributed by atoms with Crippen LogP contribution in [0.25, 0.3) is 0 Å². The van der Waals surface area contributed by atoms with E-state index in [1.165, 1.54) is 16.7 Å². The van der Waals surface area contributed by atoms with Crippen molar-refractivity contribution >= 4 is 46.2 Å². The second-order valence-electron chi connectivity index (χ2n) is 8.33. The molecule has 0 saturated carbocycles. The number of hydrogen-bond donors (Lipinski definition) is 2. The largest absolute Gasteiger partial charge is 0.385 e. The summed E-state index contributed by atoms with van der Waals surface area (Å²) in [4.78, 5) is 48.8. The van der Waals surface area contributed by atoms with E-state index in [1.807, 2.05) is 54.6 Å². The Labute approximate surface area is 214 Å². The highest BCUT2D eigenvalue weighted by Crippen LogP contribution is 2.33. The van der Waals surface area contributed by atoms with Crippen LogP contribution in [0.1, 0.15) is 24.0 Å². The van der Waals surface area contributed by atoms with Gasteiger partial charge in [-0.3, -0.25) is 19.4 Å². The van der Waals surface area contributed by atoms with Crippen molar-refractivity contribution in [2.24, 2.45) is 9.98 Å². The molecule has 3 amide bonds. The molecule has 2 aromatic rings. The molecule has 0 bridgehead atoms. The van der Waals surface area contributed by atoms with Gasteiger partial charge in [0.15, 0.2) is 5.17 Å².